The second kappa shape index (κ2) is 6.36. The van der Waals surface area contributed by atoms with E-state index in [0.29, 0.717) is 6.04 Å². The molecule has 0 aromatic rings. The van der Waals surface area contributed by atoms with Gasteiger partial charge in [0, 0.05) is 12.6 Å². The minimum absolute atomic E-state index is 0.240. The minimum Gasteiger partial charge on any atom is -0.375 e. The largest absolute Gasteiger partial charge is 0.375 e. The summed E-state index contributed by atoms with van der Waals surface area (Å²) >= 11 is 2.10. The molecule has 110 valence electrons. The summed E-state index contributed by atoms with van der Waals surface area (Å²) in [6.45, 7) is 4.63. The third kappa shape index (κ3) is 3.68. The molecule has 1 aliphatic carbocycles. The summed E-state index contributed by atoms with van der Waals surface area (Å²) in [7, 11) is 0. The van der Waals surface area contributed by atoms with Crippen molar-refractivity contribution >= 4 is 11.8 Å². The van der Waals surface area contributed by atoms with Crippen molar-refractivity contribution in [1.29, 1.82) is 0 Å². The van der Waals surface area contributed by atoms with Crippen LogP contribution in [0.4, 0.5) is 0 Å². The van der Waals surface area contributed by atoms with E-state index >= 15 is 0 Å². The van der Waals surface area contributed by atoms with Gasteiger partial charge in [-0.05, 0) is 68.4 Å². The minimum atomic E-state index is 0.240. The van der Waals surface area contributed by atoms with Crippen LogP contribution in [0.1, 0.15) is 51.9 Å². The summed E-state index contributed by atoms with van der Waals surface area (Å²) in [5.74, 6) is 4.50. The molecule has 1 N–H and O–H groups in total. The van der Waals surface area contributed by atoms with E-state index in [1.165, 1.54) is 63.0 Å². The molecule has 3 rings (SSSR count). The topological polar surface area (TPSA) is 21.3 Å². The maximum atomic E-state index is 6.17. The Balaban J connectivity index is 1.45. The number of rotatable bonds is 3. The van der Waals surface area contributed by atoms with Crippen molar-refractivity contribution in [2.45, 2.75) is 63.5 Å². The molecular weight excluding hydrogens is 254 g/mol. The molecule has 3 unspecified atom stereocenters. The van der Waals surface area contributed by atoms with Crippen LogP contribution in [0.25, 0.3) is 0 Å². The highest BCUT2D eigenvalue weighted by Gasteiger charge is 2.38. The summed E-state index contributed by atoms with van der Waals surface area (Å²) in [6, 6.07) is 0.716. The maximum absolute atomic E-state index is 6.17. The first-order valence-electron chi connectivity index (χ1n) is 8.21. The SMILES string of the molecule is CC1CCC(CNC2CCOC3(CCSCC3)C2)C1. The van der Waals surface area contributed by atoms with Gasteiger partial charge in [0.15, 0.2) is 0 Å². The lowest BCUT2D eigenvalue weighted by molar-refractivity contribution is -0.0933. The number of ether oxygens (including phenoxy) is 1. The first-order chi connectivity index (χ1) is 9.26. The van der Waals surface area contributed by atoms with Gasteiger partial charge in [0.05, 0.1) is 5.60 Å². The van der Waals surface area contributed by atoms with Crippen molar-refractivity contribution in [3.63, 3.8) is 0 Å². The van der Waals surface area contributed by atoms with E-state index < -0.39 is 0 Å². The number of nitrogens with one attached hydrogen (secondary N) is 1. The van der Waals surface area contributed by atoms with Crippen LogP contribution in [0.15, 0.2) is 0 Å². The standard InChI is InChI=1S/C16H29NOS/c1-13-2-3-14(10-13)12-17-15-4-7-18-16(11-15)5-8-19-9-6-16/h13-15,17H,2-12H2,1H3. The van der Waals surface area contributed by atoms with E-state index in [1.54, 1.807) is 0 Å². The van der Waals surface area contributed by atoms with E-state index in [2.05, 4.69) is 24.0 Å². The number of hydrogen-bond donors (Lipinski definition) is 1. The van der Waals surface area contributed by atoms with Crippen molar-refractivity contribution < 1.29 is 4.74 Å². The van der Waals surface area contributed by atoms with Crippen molar-refractivity contribution in [1.82, 2.24) is 5.32 Å². The molecule has 19 heavy (non-hydrogen) atoms. The van der Waals surface area contributed by atoms with Gasteiger partial charge in [0.1, 0.15) is 0 Å². The molecule has 2 heterocycles. The summed E-state index contributed by atoms with van der Waals surface area (Å²) in [6.07, 6.45) is 9.36. The van der Waals surface area contributed by atoms with E-state index in [4.69, 9.17) is 4.74 Å². The number of hydrogen-bond acceptors (Lipinski definition) is 3. The molecule has 3 aliphatic rings. The van der Waals surface area contributed by atoms with Crippen molar-refractivity contribution in [2.75, 3.05) is 24.7 Å². The lowest BCUT2D eigenvalue weighted by Gasteiger charge is -2.43. The summed E-state index contributed by atoms with van der Waals surface area (Å²) in [5.41, 5.74) is 0.240. The third-order valence-electron chi connectivity index (χ3n) is 5.40. The molecule has 3 heteroatoms. The van der Waals surface area contributed by atoms with Gasteiger partial charge in [-0.25, -0.2) is 0 Å². The van der Waals surface area contributed by atoms with Gasteiger partial charge in [0.25, 0.3) is 0 Å². The molecule has 0 radical (unpaired) electrons. The summed E-state index contributed by atoms with van der Waals surface area (Å²) in [5, 5.41) is 3.87. The van der Waals surface area contributed by atoms with Gasteiger partial charge in [-0.2, -0.15) is 11.8 Å². The van der Waals surface area contributed by atoms with Crippen molar-refractivity contribution in [2.24, 2.45) is 11.8 Å². The summed E-state index contributed by atoms with van der Waals surface area (Å²) in [4.78, 5) is 0. The quantitative estimate of drug-likeness (QED) is 0.857. The molecule has 2 nitrogen and oxygen atoms in total. The zero-order valence-corrected chi connectivity index (χ0v) is 13.1. The maximum Gasteiger partial charge on any atom is 0.0713 e. The van der Waals surface area contributed by atoms with Crippen molar-refractivity contribution in [3.8, 4) is 0 Å². The van der Waals surface area contributed by atoms with Crippen molar-refractivity contribution in [3.05, 3.63) is 0 Å². The molecule has 2 aliphatic heterocycles. The van der Waals surface area contributed by atoms with E-state index in [0.717, 1.165) is 18.4 Å². The fraction of sp³-hybridized carbons (Fsp3) is 1.00. The molecule has 1 saturated carbocycles. The van der Waals surface area contributed by atoms with Crippen LogP contribution < -0.4 is 5.32 Å². The molecule has 0 aromatic heterocycles. The molecule has 3 atom stereocenters. The molecule has 0 amide bonds. The Kier molecular flexibility index (Phi) is 4.76. The first-order valence-corrected chi connectivity index (χ1v) is 9.36. The second-order valence-electron chi connectivity index (χ2n) is 7.03. The molecular formula is C16H29NOS. The molecule has 3 fully saturated rings. The van der Waals surface area contributed by atoms with Gasteiger partial charge in [-0.15, -0.1) is 0 Å². The predicted molar refractivity (Wildman–Crippen MR) is 82.8 cm³/mol. The highest BCUT2D eigenvalue weighted by Crippen LogP contribution is 2.37. The Morgan fingerprint density at radius 3 is 2.79 bits per heavy atom. The first kappa shape index (κ1) is 14.2. The van der Waals surface area contributed by atoms with Crippen LogP contribution in [-0.4, -0.2) is 36.3 Å². The highest BCUT2D eigenvalue weighted by molar-refractivity contribution is 7.99. The molecule has 0 bridgehead atoms. The van der Waals surface area contributed by atoms with Crippen LogP contribution in [0.3, 0.4) is 0 Å². The Bertz CT molecular complexity index is 285. The van der Waals surface area contributed by atoms with E-state index in [9.17, 15) is 0 Å². The average Bonchev–Trinajstić information content (AvgIpc) is 2.83. The predicted octanol–water partition coefficient (Wildman–Crippen LogP) is 3.46. The lowest BCUT2D eigenvalue weighted by atomic mass is 9.85. The summed E-state index contributed by atoms with van der Waals surface area (Å²) < 4.78 is 6.17. The lowest BCUT2D eigenvalue weighted by Crippen LogP contribution is -2.49. The van der Waals surface area contributed by atoms with Gasteiger partial charge in [-0.1, -0.05) is 13.3 Å². The normalized spacial score (nSPS) is 38.7. The highest BCUT2D eigenvalue weighted by atomic mass is 32.2. The van der Waals surface area contributed by atoms with Crippen LogP contribution in [-0.2, 0) is 4.74 Å². The van der Waals surface area contributed by atoms with Crippen LogP contribution in [0.5, 0.6) is 0 Å². The fourth-order valence-corrected chi connectivity index (χ4v) is 5.37. The molecule has 0 aromatic carbocycles. The molecule has 1 spiro atoms. The Hall–Kier alpha value is 0.270. The number of thioether (sulfide) groups is 1. The zero-order valence-electron chi connectivity index (χ0n) is 12.3. The Morgan fingerprint density at radius 2 is 2.05 bits per heavy atom. The van der Waals surface area contributed by atoms with E-state index in [-0.39, 0.29) is 5.60 Å². The fourth-order valence-electron chi connectivity index (χ4n) is 4.14. The monoisotopic (exact) mass is 283 g/mol. The van der Waals surface area contributed by atoms with Gasteiger partial charge < -0.3 is 10.1 Å². The Morgan fingerprint density at radius 1 is 1.21 bits per heavy atom. The zero-order chi connectivity index (χ0) is 13.1. The second-order valence-corrected chi connectivity index (χ2v) is 8.25. The van der Waals surface area contributed by atoms with Gasteiger partial charge in [0.2, 0.25) is 0 Å². The Labute approximate surface area is 122 Å². The van der Waals surface area contributed by atoms with E-state index in [1.807, 2.05) is 0 Å². The molecule has 2 saturated heterocycles. The van der Waals surface area contributed by atoms with Gasteiger partial charge >= 0.3 is 0 Å². The average molecular weight is 283 g/mol. The third-order valence-corrected chi connectivity index (χ3v) is 6.38. The smallest absolute Gasteiger partial charge is 0.0713 e. The van der Waals surface area contributed by atoms with Crippen LogP contribution in [0.2, 0.25) is 0 Å². The van der Waals surface area contributed by atoms with Crippen LogP contribution >= 0.6 is 11.8 Å². The van der Waals surface area contributed by atoms with Crippen LogP contribution in [0, 0.1) is 11.8 Å². The van der Waals surface area contributed by atoms with Gasteiger partial charge in [-0.3, -0.25) is 0 Å².